The SMILES string of the molecule is c1ccc(-n2c3ccccc3c3c2c2c4ccccc4n(-c4ccc5c(c4)Oc4cccc6c4B5c4ccccc4O6)c2c2c4ccccc4n(-c4ccccc4)c32)cc1. The van der Waals surface area contributed by atoms with Gasteiger partial charge in [0.2, 0.25) is 0 Å². The smallest absolute Gasteiger partial charge is 0.260 e. The van der Waals surface area contributed by atoms with Gasteiger partial charge in [-0.25, -0.2) is 0 Å². The van der Waals surface area contributed by atoms with Gasteiger partial charge in [-0.1, -0.05) is 121 Å². The Morgan fingerprint density at radius 1 is 0.317 bits per heavy atom. The first kappa shape index (κ1) is 32.1. The Kier molecular flexibility index (Phi) is 6.31. The van der Waals surface area contributed by atoms with Crippen molar-refractivity contribution in [3.05, 3.63) is 194 Å². The molecule has 278 valence electrons. The van der Waals surface area contributed by atoms with Crippen LogP contribution in [0.1, 0.15) is 0 Å². The zero-order chi connectivity index (χ0) is 39.1. The third-order valence-corrected chi connectivity index (χ3v) is 12.9. The van der Waals surface area contributed by atoms with E-state index in [-0.39, 0.29) is 6.71 Å². The predicted molar refractivity (Wildman–Crippen MR) is 247 cm³/mol. The minimum Gasteiger partial charge on any atom is -0.458 e. The first-order chi connectivity index (χ1) is 29.8. The van der Waals surface area contributed by atoms with Crippen LogP contribution in [0.15, 0.2) is 194 Å². The number of hydrogen-bond acceptors (Lipinski definition) is 2. The third kappa shape index (κ3) is 4.11. The highest BCUT2D eigenvalue weighted by Gasteiger charge is 2.40. The summed E-state index contributed by atoms with van der Waals surface area (Å²) in [5, 5.41) is 7.30. The molecule has 3 aromatic heterocycles. The number of fused-ring (bicyclic) bond motifs is 16. The lowest BCUT2D eigenvalue weighted by Gasteiger charge is -2.33. The van der Waals surface area contributed by atoms with Crippen LogP contribution < -0.4 is 25.9 Å². The molecule has 2 aliphatic heterocycles. The summed E-state index contributed by atoms with van der Waals surface area (Å²) in [6.07, 6.45) is 0. The molecule has 5 heterocycles. The molecule has 0 atom stereocenters. The van der Waals surface area contributed by atoms with Crippen molar-refractivity contribution in [3.63, 3.8) is 0 Å². The lowest BCUT2D eigenvalue weighted by Crippen LogP contribution is -2.57. The number of rotatable bonds is 3. The van der Waals surface area contributed by atoms with Crippen LogP contribution in [0.3, 0.4) is 0 Å². The van der Waals surface area contributed by atoms with Crippen LogP contribution in [0.2, 0.25) is 0 Å². The zero-order valence-corrected chi connectivity index (χ0v) is 32.2. The van der Waals surface area contributed by atoms with Gasteiger partial charge in [-0.05, 0) is 77.7 Å². The van der Waals surface area contributed by atoms with Crippen molar-refractivity contribution in [2.75, 3.05) is 0 Å². The zero-order valence-electron chi connectivity index (χ0n) is 32.2. The van der Waals surface area contributed by atoms with Crippen LogP contribution in [0.5, 0.6) is 23.0 Å². The summed E-state index contributed by atoms with van der Waals surface area (Å²) in [5.41, 5.74) is 13.7. The molecule has 0 N–H and O–H groups in total. The maximum absolute atomic E-state index is 6.91. The van der Waals surface area contributed by atoms with Gasteiger partial charge in [0.15, 0.2) is 0 Å². The molecule has 60 heavy (non-hydrogen) atoms. The van der Waals surface area contributed by atoms with Crippen LogP contribution in [0.4, 0.5) is 0 Å². The molecule has 6 heteroatoms. The predicted octanol–water partition coefficient (Wildman–Crippen LogP) is 11.7. The molecule has 0 bridgehead atoms. The van der Waals surface area contributed by atoms with Crippen molar-refractivity contribution in [1.29, 1.82) is 0 Å². The van der Waals surface area contributed by atoms with Crippen molar-refractivity contribution < 1.29 is 9.47 Å². The summed E-state index contributed by atoms with van der Waals surface area (Å²) in [5.74, 6) is 3.43. The maximum atomic E-state index is 6.91. The number of nitrogens with zero attached hydrogens (tertiary/aromatic N) is 3. The molecule has 0 fully saturated rings. The summed E-state index contributed by atoms with van der Waals surface area (Å²) < 4.78 is 20.8. The standard InChI is InChI=1S/C54H32BN3O2/c1-3-16-33(17-4-1)56-41-24-11-7-20-36(41)48-52-49(37-21-8-12-25-42(37)57(52)34-18-5-2-6-19-34)54-50(53(48)56)38-22-9-13-26-43(38)58(54)35-30-31-40-47(32-35)60-46-29-15-28-45-51(46)55(40)39-23-10-14-27-44(39)59-45/h1-32H. The van der Waals surface area contributed by atoms with E-state index in [1.807, 2.05) is 12.1 Å². The van der Waals surface area contributed by atoms with E-state index >= 15 is 0 Å². The molecule has 0 unspecified atom stereocenters. The number of para-hydroxylation sites is 6. The Balaban J connectivity index is 1.19. The number of ether oxygens (including phenoxy) is 2. The second-order valence-electron chi connectivity index (χ2n) is 16.0. The highest BCUT2D eigenvalue weighted by atomic mass is 16.5. The summed E-state index contributed by atoms with van der Waals surface area (Å²) in [7, 11) is 0. The fourth-order valence-electron chi connectivity index (χ4n) is 10.6. The molecule has 0 radical (unpaired) electrons. The van der Waals surface area contributed by atoms with Gasteiger partial charge in [0.25, 0.3) is 6.71 Å². The summed E-state index contributed by atoms with van der Waals surface area (Å²) in [6, 6.07) is 69.8. The highest BCUT2D eigenvalue weighted by Crippen LogP contribution is 2.50. The molecule has 0 amide bonds. The van der Waals surface area contributed by atoms with Crippen LogP contribution in [-0.4, -0.2) is 20.4 Å². The van der Waals surface area contributed by atoms with Crippen molar-refractivity contribution in [2.45, 2.75) is 0 Å². The van der Waals surface area contributed by atoms with Crippen LogP contribution in [0.25, 0.3) is 82.5 Å². The van der Waals surface area contributed by atoms with E-state index in [1.54, 1.807) is 0 Å². The Bertz CT molecular complexity index is 3720. The molecule has 5 nitrogen and oxygen atoms in total. The van der Waals surface area contributed by atoms with Gasteiger partial charge in [-0.15, -0.1) is 0 Å². The molecular formula is C54H32BN3O2. The number of hydrogen-bond donors (Lipinski definition) is 0. The Hall–Kier alpha value is -7.96. The van der Waals surface area contributed by atoms with E-state index < -0.39 is 0 Å². The molecule has 2 aliphatic rings. The first-order valence-corrected chi connectivity index (χ1v) is 20.6. The lowest BCUT2D eigenvalue weighted by molar-refractivity contribution is 0.464. The van der Waals surface area contributed by atoms with Crippen LogP contribution in [0, 0.1) is 0 Å². The van der Waals surface area contributed by atoms with E-state index in [2.05, 4.69) is 196 Å². The summed E-state index contributed by atoms with van der Waals surface area (Å²) >= 11 is 0. The summed E-state index contributed by atoms with van der Waals surface area (Å²) in [6.45, 7) is -0.00569. The molecule has 14 rings (SSSR count). The molecule has 9 aromatic carbocycles. The molecule has 0 saturated carbocycles. The molecule has 12 aromatic rings. The number of aromatic nitrogens is 3. The molecule has 0 spiro atoms. The Labute approximate surface area is 344 Å². The largest absolute Gasteiger partial charge is 0.458 e. The quantitative estimate of drug-likeness (QED) is 0.168. The van der Waals surface area contributed by atoms with Gasteiger partial charge in [0.1, 0.15) is 23.0 Å². The van der Waals surface area contributed by atoms with Gasteiger partial charge in [-0.2, -0.15) is 0 Å². The van der Waals surface area contributed by atoms with E-state index in [9.17, 15) is 0 Å². The van der Waals surface area contributed by atoms with Crippen molar-refractivity contribution in [1.82, 2.24) is 13.7 Å². The second kappa shape index (κ2) is 11.8. The fraction of sp³-hybridized carbons (Fsp3) is 0. The molecule has 0 aliphatic carbocycles. The first-order valence-electron chi connectivity index (χ1n) is 20.6. The van der Waals surface area contributed by atoms with E-state index in [0.717, 1.165) is 62.0 Å². The molecular weight excluding hydrogens is 733 g/mol. The lowest BCUT2D eigenvalue weighted by atomic mass is 9.35. The second-order valence-corrected chi connectivity index (χ2v) is 16.0. The van der Waals surface area contributed by atoms with Gasteiger partial charge in [0, 0.05) is 60.9 Å². The van der Waals surface area contributed by atoms with Crippen LogP contribution >= 0.6 is 0 Å². The van der Waals surface area contributed by atoms with Gasteiger partial charge >= 0.3 is 0 Å². The monoisotopic (exact) mass is 765 g/mol. The van der Waals surface area contributed by atoms with Crippen molar-refractivity contribution in [3.8, 4) is 40.1 Å². The van der Waals surface area contributed by atoms with Crippen molar-refractivity contribution >= 4 is 88.5 Å². The van der Waals surface area contributed by atoms with E-state index in [0.29, 0.717) is 0 Å². The number of benzene rings is 9. The van der Waals surface area contributed by atoms with E-state index in [4.69, 9.17) is 9.47 Å². The van der Waals surface area contributed by atoms with Gasteiger partial charge < -0.3 is 23.2 Å². The van der Waals surface area contributed by atoms with E-state index in [1.165, 1.54) is 59.9 Å². The topological polar surface area (TPSA) is 33.2 Å². The fourth-order valence-corrected chi connectivity index (χ4v) is 10.6. The van der Waals surface area contributed by atoms with Gasteiger partial charge in [0.05, 0.1) is 33.1 Å². The summed E-state index contributed by atoms with van der Waals surface area (Å²) in [4.78, 5) is 0. The average molecular weight is 766 g/mol. The van der Waals surface area contributed by atoms with Crippen molar-refractivity contribution in [2.24, 2.45) is 0 Å². The Morgan fingerprint density at radius 2 is 0.733 bits per heavy atom. The Morgan fingerprint density at radius 3 is 1.28 bits per heavy atom. The van der Waals surface area contributed by atoms with Gasteiger partial charge in [-0.3, -0.25) is 0 Å². The normalized spacial score (nSPS) is 12.9. The van der Waals surface area contributed by atoms with Crippen LogP contribution in [-0.2, 0) is 0 Å². The minimum atomic E-state index is -0.00569. The average Bonchev–Trinajstić information content (AvgIpc) is 3.95. The minimum absolute atomic E-state index is 0.00569. The third-order valence-electron chi connectivity index (χ3n) is 12.9. The highest BCUT2D eigenvalue weighted by molar-refractivity contribution is 6.98. The molecule has 0 saturated heterocycles. The maximum Gasteiger partial charge on any atom is 0.260 e.